The Hall–Kier alpha value is -3.93. The highest BCUT2D eigenvalue weighted by molar-refractivity contribution is 6.09. The van der Waals surface area contributed by atoms with Crippen LogP contribution in [0.1, 0.15) is 35.1 Å². The molecule has 4 aliphatic rings. The molecular weight excluding hydrogens is 404 g/mol. The highest BCUT2D eigenvalue weighted by atomic mass is 16.6. The second-order valence-corrected chi connectivity index (χ2v) is 8.47. The first-order chi connectivity index (χ1) is 15.5. The lowest BCUT2D eigenvalue weighted by Crippen LogP contribution is -2.55. The average molecular weight is 424 g/mol. The number of nitrogens with zero attached hydrogens (tertiary/aromatic N) is 1. The van der Waals surface area contributed by atoms with Crippen LogP contribution in [0.2, 0.25) is 0 Å². The van der Waals surface area contributed by atoms with Crippen molar-refractivity contribution in [3.05, 3.63) is 101 Å². The van der Waals surface area contributed by atoms with Gasteiger partial charge in [-0.25, -0.2) is 0 Å². The number of benzene rings is 3. The minimum atomic E-state index is -1.35. The number of hydrogen-bond donors (Lipinski definition) is 1. The first kappa shape index (κ1) is 18.8. The highest BCUT2D eigenvalue weighted by Crippen LogP contribution is 2.64. The van der Waals surface area contributed by atoms with Gasteiger partial charge in [0.15, 0.2) is 5.60 Å². The molecule has 2 atom stereocenters. The quantitative estimate of drug-likeness (QED) is 0.514. The molecule has 1 aliphatic heterocycles. The van der Waals surface area contributed by atoms with E-state index in [2.05, 4.69) is 5.43 Å². The van der Waals surface area contributed by atoms with Crippen LogP contribution < -0.4 is 5.43 Å². The molecule has 1 N–H and O–H groups in total. The third kappa shape index (κ3) is 2.26. The summed E-state index contributed by atoms with van der Waals surface area (Å²) in [4.78, 5) is 39.9. The highest BCUT2D eigenvalue weighted by Gasteiger charge is 2.70. The first-order valence-corrected chi connectivity index (χ1v) is 10.6. The van der Waals surface area contributed by atoms with E-state index in [4.69, 9.17) is 4.74 Å². The summed E-state index contributed by atoms with van der Waals surface area (Å²) in [5.74, 6) is -2.99. The van der Waals surface area contributed by atoms with E-state index in [1.807, 2.05) is 66.7 Å². The Kier molecular flexibility index (Phi) is 3.84. The van der Waals surface area contributed by atoms with E-state index in [0.717, 1.165) is 27.3 Å². The second-order valence-electron chi connectivity index (χ2n) is 8.47. The molecule has 158 valence electrons. The van der Waals surface area contributed by atoms with Gasteiger partial charge in [0, 0.05) is 24.0 Å². The van der Waals surface area contributed by atoms with Gasteiger partial charge in [0.05, 0.1) is 11.6 Å². The zero-order valence-corrected chi connectivity index (χ0v) is 17.3. The number of hydrogen-bond acceptors (Lipinski definition) is 5. The van der Waals surface area contributed by atoms with Crippen LogP contribution in [-0.2, 0) is 24.7 Å². The molecular formula is C26H20N2O4. The molecule has 2 bridgehead atoms. The number of amides is 2. The van der Waals surface area contributed by atoms with Gasteiger partial charge in [-0.15, -0.1) is 0 Å². The van der Waals surface area contributed by atoms with Crippen LogP contribution in [0.4, 0.5) is 5.69 Å². The van der Waals surface area contributed by atoms with Gasteiger partial charge in [0.2, 0.25) is 0 Å². The number of carbonyl (C=O) groups is 3. The van der Waals surface area contributed by atoms with Crippen LogP contribution in [0.5, 0.6) is 0 Å². The number of hydrazine groups is 1. The minimum Gasteiger partial charge on any atom is -0.448 e. The van der Waals surface area contributed by atoms with Gasteiger partial charge in [-0.2, -0.15) is 5.01 Å². The molecule has 1 heterocycles. The first-order valence-electron chi connectivity index (χ1n) is 10.6. The number of ether oxygens (including phenoxy) is 1. The maximum atomic E-state index is 13.8. The molecule has 32 heavy (non-hydrogen) atoms. The lowest BCUT2D eigenvalue weighted by molar-refractivity contribution is -0.167. The standard InChI is InChI=1S/C26H20N2O4/c1-15(29)32-26-19-13-7-5-11-17(19)21(18-12-6-8-14-20(18)26)22-23(26)25(31)28(24(22)30)27-16-9-3-2-4-10-16/h2-14,21-23,27H,1H3/t21?,22-,23-,26?/m1/s1. The zero-order chi connectivity index (χ0) is 22.0. The monoisotopic (exact) mass is 424 g/mol. The SMILES string of the molecule is CC(=O)OC12c3ccccc3C(c3ccccc31)[C@H]1C(=O)N(Nc3ccccc3)C(=O)[C@@H]12. The predicted octanol–water partition coefficient (Wildman–Crippen LogP) is 3.58. The van der Waals surface area contributed by atoms with Gasteiger partial charge >= 0.3 is 5.97 Å². The Labute approximate surface area is 184 Å². The van der Waals surface area contributed by atoms with Crippen molar-refractivity contribution in [2.24, 2.45) is 11.8 Å². The number of nitrogens with one attached hydrogen (secondary N) is 1. The number of anilines is 1. The predicted molar refractivity (Wildman–Crippen MR) is 116 cm³/mol. The van der Waals surface area contributed by atoms with Crippen LogP contribution in [0.3, 0.4) is 0 Å². The maximum Gasteiger partial charge on any atom is 0.303 e. The third-order valence-corrected chi connectivity index (χ3v) is 6.86. The average Bonchev–Trinajstić information content (AvgIpc) is 3.06. The Morgan fingerprint density at radius 2 is 1.41 bits per heavy atom. The van der Waals surface area contributed by atoms with E-state index in [-0.39, 0.29) is 17.7 Å². The summed E-state index contributed by atoms with van der Waals surface area (Å²) in [6, 6.07) is 24.4. The molecule has 1 fully saturated rings. The van der Waals surface area contributed by atoms with E-state index in [1.165, 1.54) is 6.92 Å². The molecule has 1 saturated heterocycles. The lowest BCUT2D eigenvalue weighted by Gasteiger charge is -2.52. The summed E-state index contributed by atoms with van der Waals surface area (Å²) in [7, 11) is 0. The zero-order valence-electron chi connectivity index (χ0n) is 17.3. The maximum absolute atomic E-state index is 13.8. The van der Waals surface area contributed by atoms with Crippen molar-refractivity contribution in [2.45, 2.75) is 18.4 Å². The molecule has 3 aromatic rings. The van der Waals surface area contributed by atoms with Crippen molar-refractivity contribution < 1.29 is 19.1 Å². The second kappa shape index (κ2) is 6.53. The van der Waals surface area contributed by atoms with E-state index in [0.29, 0.717) is 5.69 Å². The van der Waals surface area contributed by atoms with Crippen molar-refractivity contribution in [3.63, 3.8) is 0 Å². The summed E-state index contributed by atoms with van der Waals surface area (Å²) >= 11 is 0. The smallest absolute Gasteiger partial charge is 0.303 e. The van der Waals surface area contributed by atoms with Gasteiger partial charge in [-0.3, -0.25) is 19.8 Å². The van der Waals surface area contributed by atoms with Gasteiger partial charge in [0.1, 0.15) is 5.92 Å². The van der Waals surface area contributed by atoms with E-state index >= 15 is 0 Å². The number of rotatable bonds is 3. The van der Waals surface area contributed by atoms with Crippen LogP contribution in [-0.4, -0.2) is 22.8 Å². The summed E-state index contributed by atoms with van der Waals surface area (Å²) in [5, 5.41) is 1.10. The van der Waals surface area contributed by atoms with E-state index < -0.39 is 23.4 Å². The van der Waals surface area contributed by atoms with Crippen molar-refractivity contribution in [1.82, 2.24) is 5.01 Å². The Morgan fingerprint density at radius 3 is 2.00 bits per heavy atom. The minimum absolute atomic E-state index is 0.288. The summed E-state index contributed by atoms with van der Waals surface area (Å²) in [6.07, 6.45) is 0. The summed E-state index contributed by atoms with van der Waals surface area (Å²) in [5.41, 5.74) is 5.69. The molecule has 7 rings (SSSR count). The third-order valence-electron chi connectivity index (χ3n) is 6.86. The Balaban J connectivity index is 1.59. The van der Waals surface area contributed by atoms with Crippen molar-refractivity contribution in [1.29, 1.82) is 0 Å². The Morgan fingerprint density at radius 1 is 0.844 bits per heavy atom. The molecule has 0 saturated carbocycles. The van der Waals surface area contributed by atoms with E-state index in [1.54, 1.807) is 12.1 Å². The number of para-hydroxylation sites is 1. The molecule has 6 nitrogen and oxygen atoms in total. The van der Waals surface area contributed by atoms with Gasteiger partial charge in [0.25, 0.3) is 11.8 Å². The largest absolute Gasteiger partial charge is 0.448 e. The fraction of sp³-hybridized carbons (Fsp3) is 0.192. The molecule has 0 spiro atoms. The fourth-order valence-corrected chi connectivity index (χ4v) is 5.85. The molecule has 6 heteroatoms. The molecule has 0 radical (unpaired) electrons. The van der Waals surface area contributed by atoms with Gasteiger partial charge < -0.3 is 4.74 Å². The fourth-order valence-electron chi connectivity index (χ4n) is 5.85. The molecule has 0 unspecified atom stereocenters. The van der Waals surface area contributed by atoms with Crippen LogP contribution in [0.15, 0.2) is 78.9 Å². The van der Waals surface area contributed by atoms with Gasteiger partial charge in [-0.1, -0.05) is 66.7 Å². The molecule has 3 aliphatic carbocycles. The van der Waals surface area contributed by atoms with Crippen LogP contribution >= 0.6 is 0 Å². The number of esters is 1. The summed E-state index contributed by atoms with van der Waals surface area (Å²) in [6.45, 7) is 1.34. The van der Waals surface area contributed by atoms with Crippen LogP contribution in [0, 0.1) is 11.8 Å². The van der Waals surface area contributed by atoms with Crippen molar-refractivity contribution in [3.8, 4) is 0 Å². The Bertz CT molecular complexity index is 1240. The summed E-state index contributed by atoms with van der Waals surface area (Å²) < 4.78 is 6.08. The van der Waals surface area contributed by atoms with Crippen molar-refractivity contribution >= 4 is 23.5 Å². The molecule has 0 aromatic heterocycles. The molecule has 3 aromatic carbocycles. The number of carbonyl (C=O) groups excluding carboxylic acids is 3. The van der Waals surface area contributed by atoms with Crippen molar-refractivity contribution in [2.75, 3.05) is 5.43 Å². The van der Waals surface area contributed by atoms with Gasteiger partial charge in [-0.05, 0) is 23.3 Å². The van der Waals surface area contributed by atoms with E-state index in [9.17, 15) is 14.4 Å². The topological polar surface area (TPSA) is 75.7 Å². The normalized spacial score (nSPS) is 26.9. The number of imide groups is 1. The molecule has 2 amide bonds. The van der Waals surface area contributed by atoms with Crippen LogP contribution in [0.25, 0.3) is 0 Å². The lowest BCUT2D eigenvalue weighted by atomic mass is 9.52.